The molecule has 1 heterocycles. The average molecular weight is 331 g/mol. The molecular weight excluding hydrogens is 324 g/mol. The van der Waals surface area contributed by atoms with Gasteiger partial charge in [0.25, 0.3) is 0 Å². The monoisotopic (exact) mass is 329 g/mol. The molecule has 0 saturated carbocycles. The topological polar surface area (TPSA) is 43.8 Å². The van der Waals surface area contributed by atoms with E-state index in [1.54, 1.807) is 16.7 Å². The van der Waals surface area contributed by atoms with Gasteiger partial charge in [0.1, 0.15) is 5.82 Å². The zero-order valence-corrected chi connectivity index (χ0v) is 12.1. The van der Waals surface area contributed by atoms with E-state index in [1.165, 1.54) is 18.2 Å². The molecule has 0 radical (unpaired) electrons. The van der Waals surface area contributed by atoms with E-state index in [4.69, 9.17) is 40.5 Å². The largest absolute Gasteiger partial charge is 0.369 e. The summed E-state index contributed by atoms with van der Waals surface area (Å²) in [5, 5.41) is 0.981. The van der Waals surface area contributed by atoms with Crippen LogP contribution in [0.1, 0.15) is 0 Å². The van der Waals surface area contributed by atoms with Crippen LogP contribution in [0.4, 0.5) is 10.3 Å². The first kappa shape index (κ1) is 13.5. The van der Waals surface area contributed by atoms with Crippen molar-refractivity contribution in [2.75, 3.05) is 5.73 Å². The van der Waals surface area contributed by atoms with Gasteiger partial charge in [-0.05, 0) is 30.3 Å². The van der Waals surface area contributed by atoms with Crippen LogP contribution in [0.15, 0.2) is 30.3 Å². The number of nitrogens with two attached hydrogens (primary N) is 1. The van der Waals surface area contributed by atoms with Gasteiger partial charge in [-0.3, -0.25) is 4.57 Å². The van der Waals surface area contributed by atoms with Crippen LogP contribution >= 0.6 is 34.8 Å². The van der Waals surface area contributed by atoms with Crippen LogP contribution in [0.5, 0.6) is 0 Å². The molecule has 0 fully saturated rings. The highest BCUT2D eigenvalue weighted by Crippen LogP contribution is 2.33. The first-order valence-electron chi connectivity index (χ1n) is 5.56. The van der Waals surface area contributed by atoms with Crippen molar-refractivity contribution in [3.8, 4) is 5.69 Å². The molecule has 2 N–H and O–H groups in total. The molecule has 7 heteroatoms. The minimum Gasteiger partial charge on any atom is -0.369 e. The van der Waals surface area contributed by atoms with E-state index < -0.39 is 5.82 Å². The van der Waals surface area contributed by atoms with Crippen LogP contribution in [0.2, 0.25) is 15.1 Å². The van der Waals surface area contributed by atoms with Gasteiger partial charge in [-0.25, -0.2) is 9.37 Å². The van der Waals surface area contributed by atoms with Crippen molar-refractivity contribution < 1.29 is 4.39 Å². The van der Waals surface area contributed by atoms with Crippen molar-refractivity contribution in [2.45, 2.75) is 0 Å². The summed E-state index contributed by atoms with van der Waals surface area (Å²) in [6.07, 6.45) is 0. The zero-order chi connectivity index (χ0) is 14.4. The van der Waals surface area contributed by atoms with Gasteiger partial charge in [-0.1, -0.05) is 34.8 Å². The fourth-order valence-electron chi connectivity index (χ4n) is 2.01. The highest BCUT2D eigenvalue weighted by Gasteiger charge is 2.15. The van der Waals surface area contributed by atoms with Gasteiger partial charge in [0.2, 0.25) is 5.95 Å². The van der Waals surface area contributed by atoms with Crippen LogP contribution < -0.4 is 5.73 Å². The Balaban J connectivity index is 2.35. The second-order valence-corrected chi connectivity index (χ2v) is 5.38. The van der Waals surface area contributed by atoms with Crippen molar-refractivity contribution in [2.24, 2.45) is 0 Å². The highest BCUT2D eigenvalue weighted by molar-refractivity contribution is 6.42. The number of hydrogen-bond donors (Lipinski definition) is 1. The molecule has 3 nitrogen and oxygen atoms in total. The lowest BCUT2D eigenvalue weighted by Crippen LogP contribution is -2.01. The number of rotatable bonds is 1. The number of halogens is 4. The Morgan fingerprint density at radius 2 is 1.70 bits per heavy atom. The van der Waals surface area contributed by atoms with Crippen LogP contribution in [0.3, 0.4) is 0 Å². The maximum absolute atomic E-state index is 13.1. The molecule has 3 aromatic rings. The lowest BCUT2D eigenvalue weighted by Gasteiger charge is -2.09. The fourth-order valence-corrected chi connectivity index (χ4v) is 2.57. The predicted octanol–water partition coefficient (Wildman–Crippen LogP) is 4.71. The van der Waals surface area contributed by atoms with Gasteiger partial charge in [0, 0.05) is 0 Å². The summed E-state index contributed by atoms with van der Waals surface area (Å²) in [6.45, 7) is 0. The molecule has 2 aromatic carbocycles. The van der Waals surface area contributed by atoms with Gasteiger partial charge < -0.3 is 5.73 Å². The number of aromatic nitrogens is 2. The Kier molecular flexibility index (Phi) is 3.24. The summed E-state index contributed by atoms with van der Waals surface area (Å²) in [5.41, 5.74) is 7.65. The molecule has 0 aliphatic heterocycles. The molecule has 0 amide bonds. The summed E-state index contributed by atoms with van der Waals surface area (Å²) in [5.74, 6) is -0.213. The van der Waals surface area contributed by atoms with Gasteiger partial charge in [-0.2, -0.15) is 0 Å². The second-order valence-electron chi connectivity index (χ2n) is 4.16. The Labute approximate surface area is 128 Å². The SMILES string of the molecule is Nc1nc2cc(Cl)c(Cl)cc2n1-c1ccc(F)cc1Cl. The first-order chi connectivity index (χ1) is 9.47. The zero-order valence-electron chi connectivity index (χ0n) is 9.87. The highest BCUT2D eigenvalue weighted by atomic mass is 35.5. The lowest BCUT2D eigenvalue weighted by atomic mass is 10.2. The van der Waals surface area contributed by atoms with Crippen molar-refractivity contribution in [1.29, 1.82) is 0 Å². The van der Waals surface area contributed by atoms with E-state index in [9.17, 15) is 4.39 Å². The Hall–Kier alpha value is -1.49. The van der Waals surface area contributed by atoms with Crippen LogP contribution in [-0.2, 0) is 0 Å². The van der Waals surface area contributed by atoms with Crippen molar-refractivity contribution in [3.63, 3.8) is 0 Å². The maximum Gasteiger partial charge on any atom is 0.205 e. The summed E-state index contributed by atoms with van der Waals surface area (Å²) in [6, 6.07) is 7.28. The smallest absolute Gasteiger partial charge is 0.205 e. The Bertz CT molecular complexity index is 829. The predicted molar refractivity (Wildman–Crippen MR) is 80.5 cm³/mol. The van der Waals surface area contributed by atoms with Crippen molar-refractivity contribution in [1.82, 2.24) is 9.55 Å². The van der Waals surface area contributed by atoms with E-state index in [-0.39, 0.29) is 11.0 Å². The number of anilines is 1. The lowest BCUT2D eigenvalue weighted by molar-refractivity contribution is 0.627. The molecule has 0 atom stereocenters. The number of nitrogens with zero attached hydrogens (tertiary/aromatic N) is 2. The summed E-state index contributed by atoms with van der Waals surface area (Å²) in [7, 11) is 0. The number of fused-ring (bicyclic) bond motifs is 1. The first-order valence-corrected chi connectivity index (χ1v) is 6.69. The minimum atomic E-state index is -0.428. The number of hydrogen-bond acceptors (Lipinski definition) is 2. The number of benzene rings is 2. The third kappa shape index (κ3) is 2.10. The van der Waals surface area contributed by atoms with Crippen molar-refractivity contribution >= 4 is 51.8 Å². The van der Waals surface area contributed by atoms with Crippen LogP contribution in [0, 0.1) is 5.82 Å². The molecule has 3 rings (SSSR count). The van der Waals surface area contributed by atoms with Crippen LogP contribution in [0.25, 0.3) is 16.7 Å². The number of imidazole rings is 1. The summed E-state index contributed by atoms with van der Waals surface area (Å²) in [4.78, 5) is 4.20. The molecule has 102 valence electrons. The summed E-state index contributed by atoms with van der Waals surface area (Å²) < 4.78 is 14.7. The Morgan fingerprint density at radius 1 is 1.00 bits per heavy atom. The van der Waals surface area contributed by atoms with Gasteiger partial charge in [0.15, 0.2) is 0 Å². The molecule has 0 saturated heterocycles. The molecule has 0 unspecified atom stereocenters. The minimum absolute atomic E-state index is 0.215. The normalized spacial score (nSPS) is 11.2. The molecular formula is C13H7Cl3FN3. The third-order valence-corrected chi connectivity index (χ3v) is 3.90. The molecule has 20 heavy (non-hydrogen) atoms. The summed E-state index contributed by atoms with van der Waals surface area (Å²) >= 11 is 18.0. The Morgan fingerprint density at radius 3 is 2.40 bits per heavy atom. The average Bonchev–Trinajstić information content (AvgIpc) is 2.66. The van der Waals surface area contributed by atoms with Gasteiger partial charge in [0.05, 0.1) is 31.8 Å². The van der Waals surface area contributed by atoms with E-state index in [2.05, 4.69) is 4.98 Å². The number of nitrogen functional groups attached to an aromatic ring is 1. The standard InChI is InChI=1S/C13H7Cl3FN3/c14-7-4-10-12(5-8(7)15)20(13(18)19-10)11-2-1-6(17)3-9(11)16/h1-5H,(H2,18,19). The quantitative estimate of drug-likeness (QED) is 0.702. The van der Waals surface area contributed by atoms with E-state index in [1.807, 2.05) is 0 Å². The molecule has 0 aliphatic carbocycles. The van der Waals surface area contributed by atoms with E-state index in [0.717, 1.165) is 0 Å². The molecule has 0 spiro atoms. The van der Waals surface area contributed by atoms with Crippen molar-refractivity contribution in [3.05, 3.63) is 51.2 Å². The fraction of sp³-hybridized carbons (Fsp3) is 0. The van der Waals surface area contributed by atoms with Gasteiger partial charge >= 0.3 is 0 Å². The molecule has 0 bridgehead atoms. The maximum atomic E-state index is 13.1. The van der Waals surface area contributed by atoms with Gasteiger partial charge in [-0.15, -0.1) is 0 Å². The molecule has 1 aromatic heterocycles. The van der Waals surface area contributed by atoms with E-state index in [0.29, 0.717) is 26.8 Å². The molecule has 0 aliphatic rings. The second kappa shape index (κ2) is 4.81. The van der Waals surface area contributed by atoms with Crippen LogP contribution in [-0.4, -0.2) is 9.55 Å². The van der Waals surface area contributed by atoms with E-state index >= 15 is 0 Å². The third-order valence-electron chi connectivity index (χ3n) is 2.87.